The summed E-state index contributed by atoms with van der Waals surface area (Å²) in [5.74, 6) is -0.784. The smallest absolute Gasteiger partial charge is 0.344 e. The van der Waals surface area contributed by atoms with Crippen molar-refractivity contribution in [2.75, 3.05) is 19.0 Å². The zero-order valence-corrected chi connectivity index (χ0v) is 12.5. The van der Waals surface area contributed by atoms with E-state index in [0.29, 0.717) is 5.69 Å². The summed E-state index contributed by atoms with van der Waals surface area (Å²) >= 11 is 1.48. The molecule has 0 aliphatic rings. The van der Waals surface area contributed by atoms with E-state index >= 15 is 0 Å². The minimum Gasteiger partial charge on any atom is -0.465 e. The van der Waals surface area contributed by atoms with Crippen LogP contribution >= 0.6 is 11.3 Å². The molecule has 2 rings (SSSR count). The molecule has 8 heteroatoms. The fraction of sp³-hybridized carbons (Fsp3) is 0.214. The van der Waals surface area contributed by atoms with E-state index in [0.717, 1.165) is 12.7 Å². The van der Waals surface area contributed by atoms with Crippen LogP contribution in [0.4, 0.5) is 11.4 Å². The summed E-state index contributed by atoms with van der Waals surface area (Å²) in [6, 6.07) is 5.85. The molecule has 1 heterocycles. The summed E-state index contributed by atoms with van der Waals surface area (Å²) in [6.45, 7) is 0.217. The van der Waals surface area contributed by atoms with Crippen molar-refractivity contribution in [1.82, 2.24) is 0 Å². The van der Waals surface area contributed by atoms with Crippen molar-refractivity contribution < 1.29 is 19.6 Å². The summed E-state index contributed by atoms with van der Waals surface area (Å²) in [6.07, 6.45) is -0.706. The van der Waals surface area contributed by atoms with E-state index in [1.807, 2.05) is 16.8 Å². The Morgan fingerprint density at radius 3 is 2.86 bits per heavy atom. The Morgan fingerprint density at radius 1 is 1.50 bits per heavy atom. The molecule has 0 saturated heterocycles. The summed E-state index contributed by atoms with van der Waals surface area (Å²) in [5, 5.41) is 27.5. The monoisotopic (exact) mass is 322 g/mol. The second-order valence-corrected chi connectivity index (χ2v) is 5.21. The van der Waals surface area contributed by atoms with Crippen molar-refractivity contribution in [2.45, 2.75) is 6.10 Å². The van der Waals surface area contributed by atoms with E-state index in [4.69, 9.17) is 0 Å². The van der Waals surface area contributed by atoms with Crippen molar-refractivity contribution in [1.29, 1.82) is 0 Å². The highest BCUT2D eigenvalue weighted by Crippen LogP contribution is 2.24. The number of ether oxygens (including phenoxy) is 1. The number of aliphatic hydroxyl groups is 1. The second kappa shape index (κ2) is 7.01. The first kappa shape index (κ1) is 15.9. The van der Waals surface area contributed by atoms with Crippen molar-refractivity contribution in [3.63, 3.8) is 0 Å². The Balaban J connectivity index is 2.15. The molecule has 0 saturated carbocycles. The van der Waals surface area contributed by atoms with Gasteiger partial charge >= 0.3 is 5.97 Å². The van der Waals surface area contributed by atoms with Crippen LogP contribution in [0, 0.1) is 10.1 Å². The van der Waals surface area contributed by atoms with E-state index in [2.05, 4.69) is 10.1 Å². The predicted octanol–water partition coefficient (Wildman–Crippen LogP) is 2.59. The van der Waals surface area contributed by atoms with Gasteiger partial charge in [-0.25, -0.2) is 4.79 Å². The van der Waals surface area contributed by atoms with Crippen molar-refractivity contribution in [2.24, 2.45) is 0 Å². The first-order valence-corrected chi connectivity index (χ1v) is 7.28. The largest absolute Gasteiger partial charge is 0.465 e. The van der Waals surface area contributed by atoms with Crippen LogP contribution in [0.2, 0.25) is 0 Å². The zero-order valence-electron chi connectivity index (χ0n) is 11.7. The van der Waals surface area contributed by atoms with Gasteiger partial charge in [-0.05, 0) is 34.5 Å². The van der Waals surface area contributed by atoms with Crippen LogP contribution in [-0.2, 0) is 4.74 Å². The highest BCUT2D eigenvalue weighted by Gasteiger charge is 2.21. The molecular weight excluding hydrogens is 308 g/mol. The maximum atomic E-state index is 11.6. The molecule has 0 bridgehead atoms. The van der Waals surface area contributed by atoms with Gasteiger partial charge in [0.25, 0.3) is 5.69 Å². The van der Waals surface area contributed by atoms with Crippen molar-refractivity contribution in [3.8, 4) is 0 Å². The number of carbonyl (C=O) groups is 1. The standard InChI is InChI=1S/C14H14N2O5S/c1-21-14(18)11-6-10(2-3-12(11)16(19)20)15-7-13(17)9-4-5-22-8-9/h2-6,8,13,15,17H,7H2,1H3. The van der Waals surface area contributed by atoms with E-state index in [1.165, 1.54) is 29.5 Å². The summed E-state index contributed by atoms with van der Waals surface area (Å²) < 4.78 is 4.55. The number of carbonyl (C=O) groups excluding carboxylic acids is 1. The molecule has 1 aromatic heterocycles. The zero-order chi connectivity index (χ0) is 16.1. The maximum Gasteiger partial charge on any atom is 0.344 e. The number of nitrogens with zero attached hydrogens (tertiary/aromatic N) is 1. The number of aliphatic hydroxyl groups excluding tert-OH is 1. The van der Waals surface area contributed by atoms with Gasteiger partial charge in [-0.3, -0.25) is 10.1 Å². The number of rotatable bonds is 6. The first-order chi connectivity index (χ1) is 10.5. The SMILES string of the molecule is COC(=O)c1cc(NCC(O)c2ccsc2)ccc1[N+](=O)[O-]. The van der Waals surface area contributed by atoms with Crippen LogP contribution in [0.15, 0.2) is 35.0 Å². The predicted molar refractivity (Wildman–Crippen MR) is 82.2 cm³/mol. The molecular formula is C14H14N2O5S. The molecule has 1 atom stereocenters. The molecule has 116 valence electrons. The van der Waals surface area contributed by atoms with Gasteiger partial charge in [0.15, 0.2) is 0 Å². The number of hydrogen-bond acceptors (Lipinski definition) is 7. The minimum atomic E-state index is -0.784. The highest BCUT2D eigenvalue weighted by molar-refractivity contribution is 7.07. The van der Waals surface area contributed by atoms with Gasteiger partial charge in [0, 0.05) is 18.3 Å². The third-order valence-corrected chi connectivity index (χ3v) is 3.73. The van der Waals surface area contributed by atoms with Crippen LogP contribution < -0.4 is 5.32 Å². The van der Waals surface area contributed by atoms with Crippen molar-refractivity contribution >= 4 is 28.7 Å². The van der Waals surface area contributed by atoms with E-state index < -0.39 is 17.0 Å². The molecule has 0 radical (unpaired) electrons. The minimum absolute atomic E-state index is 0.137. The van der Waals surface area contributed by atoms with Crippen LogP contribution in [-0.4, -0.2) is 29.7 Å². The number of thiophene rings is 1. The number of hydrogen-bond donors (Lipinski definition) is 2. The van der Waals surface area contributed by atoms with Crippen LogP contribution in [0.3, 0.4) is 0 Å². The summed E-state index contributed by atoms with van der Waals surface area (Å²) in [7, 11) is 1.16. The number of methoxy groups -OCH3 is 1. The molecule has 0 spiro atoms. The second-order valence-electron chi connectivity index (χ2n) is 4.43. The van der Waals surface area contributed by atoms with Crippen LogP contribution in [0.5, 0.6) is 0 Å². The Hall–Kier alpha value is -2.45. The molecule has 1 aromatic carbocycles. The molecule has 22 heavy (non-hydrogen) atoms. The Kier molecular flexibility index (Phi) is 5.08. The number of esters is 1. The molecule has 0 aliphatic carbocycles. The Bertz CT molecular complexity index is 672. The Labute approximate surface area is 130 Å². The summed E-state index contributed by atoms with van der Waals surface area (Å²) in [5.41, 5.74) is 0.811. The number of nitro groups is 1. The van der Waals surface area contributed by atoms with E-state index in [1.54, 1.807) is 0 Å². The van der Waals surface area contributed by atoms with E-state index in [9.17, 15) is 20.0 Å². The lowest BCUT2D eigenvalue weighted by atomic mass is 10.1. The maximum absolute atomic E-state index is 11.6. The van der Waals surface area contributed by atoms with Gasteiger partial charge in [-0.15, -0.1) is 0 Å². The average Bonchev–Trinajstić information content (AvgIpc) is 3.05. The summed E-state index contributed by atoms with van der Waals surface area (Å²) in [4.78, 5) is 21.9. The molecule has 7 nitrogen and oxygen atoms in total. The number of anilines is 1. The molecule has 2 aromatic rings. The van der Waals surface area contributed by atoms with E-state index in [-0.39, 0.29) is 17.8 Å². The van der Waals surface area contributed by atoms with Crippen LogP contribution in [0.1, 0.15) is 22.0 Å². The highest BCUT2D eigenvalue weighted by atomic mass is 32.1. The van der Waals surface area contributed by atoms with Gasteiger partial charge < -0.3 is 15.2 Å². The average molecular weight is 322 g/mol. The van der Waals surface area contributed by atoms with Gasteiger partial charge in [-0.2, -0.15) is 11.3 Å². The lowest BCUT2D eigenvalue weighted by Gasteiger charge is -2.12. The van der Waals surface area contributed by atoms with Gasteiger partial charge in [0.1, 0.15) is 5.56 Å². The number of benzene rings is 1. The first-order valence-electron chi connectivity index (χ1n) is 6.33. The fourth-order valence-electron chi connectivity index (χ4n) is 1.88. The topological polar surface area (TPSA) is 102 Å². The lowest BCUT2D eigenvalue weighted by Crippen LogP contribution is -2.12. The number of nitrogens with one attached hydrogen (secondary N) is 1. The van der Waals surface area contributed by atoms with Crippen molar-refractivity contribution in [3.05, 3.63) is 56.3 Å². The molecule has 0 amide bonds. The molecule has 0 fully saturated rings. The van der Waals surface area contributed by atoms with Gasteiger partial charge in [0.05, 0.1) is 18.1 Å². The number of nitro benzene ring substituents is 1. The Morgan fingerprint density at radius 2 is 2.27 bits per heavy atom. The molecule has 0 aliphatic heterocycles. The third kappa shape index (κ3) is 3.60. The quantitative estimate of drug-likeness (QED) is 0.481. The normalized spacial score (nSPS) is 11.7. The lowest BCUT2D eigenvalue weighted by molar-refractivity contribution is -0.385. The van der Waals surface area contributed by atoms with Crippen LogP contribution in [0.25, 0.3) is 0 Å². The fourth-order valence-corrected chi connectivity index (χ4v) is 2.58. The molecule has 1 unspecified atom stereocenters. The molecule has 2 N–H and O–H groups in total. The van der Waals surface area contributed by atoms with Gasteiger partial charge in [-0.1, -0.05) is 0 Å². The third-order valence-electron chi connectivity index (χ3n) is 3.03. The van der Waals surface area contributed by atoms with Gasteiger partial charge in [0.2, 0.25) is 0 Å².